The summed E-state index contributed by atoms with van der Waals surface area (Å²) >= 11 is 0. The van der Waals surface area contributed by atoms with E-state index in [0.29, 0.717) is 6.42 Å². The van der Waals surface area contributed by atoms with E-state index in [1.807, 2.05) is 6.08 Å². The van der Waals surface area contributed by atoms with Crippen LogP contribution in [0.25, 0.3) is 0 Å². The topological polar surface area (TPSA) is 227 Å². The van der Waals surface area contributed by atoms with Crippen LogP contribution in [0.4, 0.5) is 0 Å². The van der Waals surface area contributed by atoms with Gasteiger partial charge in [-0.05, 0) is 19.3 Å². The highest BCUT2D eigenvalue weighted by Crippen LogP contribution is 2.26. The quantitative estimate of drug-likeness (QED) is 0.0183. The first-order valence-electron chi connectivity index (χ1n) is 21.6. The Morgan fingerprint density at radius 2 is 1.16 bits per heavy atom. The number of unbranched alkanes of at least 4 members (excludes halogenated alkanes) is 24. The molecule has 0 aromatic carbocycles. The highest BCUT2D eigenvalue weighted by atomic mass is 32.3. The Morgan fingerprint density at radius 3 is 1.60 bits per heavy atom. The van der Waals surface area contributed by atoms with Crippen LogP contribution < -0.4 is 11.5 Å². The van der Waals surface area contributed by atoms with Gasteiger partial charge in [0.25, 0.3) is 0 Å². The van der Waals surface area contributed by atoms with Crippen molar-refractivity contribution in [1.82, 2.24) is 11.5 Å². The van der Waals surface area contributed by atoms with Gasteiger partial charge in [0.2, 0.25) is 5.91 Å². The Hall–Kier alpha value is -1.20. The average molecular weight is 811 g/mol. The third kappa shape index (κ3) is 28.0. The molecule has 1 amide bonds. The molecule has 0 aromatic heterocycles. The van der Waals surface area contributed by atoms with Crippen molar-refractivity contribution in [2.75, 3.05) is 13.2 Å². The molecule has 0 spiro atoms. The van der Waals surface area contributed by atoms with Crippen LogP contribution in [-0.2, 0) is 28.9 Å². The fourth-order valence-corrected chi connectivity index (χ4v) is 7.43. The smallest absolute Gasteiger partial charge is 0.394 e. The monoisotopic (exact) mass is 811 g/mol. The zero-order valence-corrected chi connectivity index (χ0v) is 35.3. The van der Waals surface area contributed by atoms with Gasteiger partial charge in [-0.2, -0.15) is 8.42 Å². The lowest BCUT2D eigenvalue weighted by atomic mass is 9.99. The summed E-state index contributed by atoms with van der Waals surface area (Å²) in [6.45, 7) is 3.37. The lowest BCUT2D eigenvalue weighted by molar-refractivity contribution is -0.298. The van der Waals surface area contributed by atoms with Crippen molar-refractivity contribution in [3.05, 3.63) is 12.2 Å². The summed E-state index contributed by atoms with van der Waals surface area (Å²) < 4.78 is 47.5. The fourth-order valence-electron chi connectivity index (χ4n) is 6.92. The molecule has 1 aliphatic heterocycles. The summed E-state index contributed by atoms with van der Waals surface area (Å²) in [5.74, 6) is -0.262. The van der Waals surface area contributed by atoms with E-state index >= 15 is 0 Å². The van der Waals surface area contributed by atoms with Crippen molar-refractivity contribution < 1.29 is 51.8 Å². The number of amides is 1. The standard InChI is InChI=1S/C41H79NO11S.H3N/c1-3-5-7-9-11-13-15-17-19-21-23-25-27-29-31-37(45)42-34(35(44)30-28-26-24-22-20-18-16-14-12-10-8-6-4-2)33-51-41-39(47)40(53-54(48,49)50)38(46)36(32-43)52-41;/h28,30,34-36,38-41,43-44,46-47H,3-27,29,31-33H2,1-2H3,(H,42,45)(H,48,49,50);1H3/b30-28+;/t34-,35+,36+,38-,39+,40-,41+;/m0./s1. The van der Waals surface area contributed by atoms with Gasteiger partial charge in [0, 0.05) is 6.42 Å². The summed E-state index contributed by atoms with van der Waals surface area (Å²) in [5, 5.41) is 44.6. The van der Waals surface area contributed by atoms with Crippen LogP contribution in [0.5, 0.6) is 0 Å². The van der Waals surface area contributed by atoms with Crippen molar-refractivity contribution in [2.45, 2.75) is 230 Å². The SMILES string of the molecule is CCCCCCCCCCCCC/C=C/[C@@H](O)[C@H](CO[C@@H]1O[C@H](CO)[C@H](O)[C@H](OS(=O)(=O)O)[C@H]1O)NC(=O)CCCCCCCCCCCCCCCC.N. The molecule has 1 fully saturated rings. The van der Waals surface area contributed by atoms with Crippen molar-refractivity contribution in [1.29, 1.82) is 0 Å². The summed E-state index contributed by atoms with van der Waals surface area (Å²) in [7, 11) is -5.08. The van der Waals surface area contributed by atoms with Gasteiger partial charge in [-0.3, -0.25) is 9.35 Å². The van der Waals surface area contributed by atoms with E-state index in [4.69, 9.17) is 14.0 Å². The van der Waals surface area contributed by atoms with E-state index in [0.717, 1.165) is 38.5 Å². The number of hydrogen-bond donors (Lipinski definition) is 7. The molecule has 0 aliphatic carbocycles. The van der Waals surface area contributed by atoms with E-state index in [2.05, 4.69) is 23.3 Å². The molecule has 13 nitrogen and oxygen atoms in total. The Bertz CT molecular complexity index is 1040. The summed E-state index contributed by atoms with van der Waals surface area (Å²) in [6, 6.07) is -0.936. The van der Waals surface area contributed by atoms with Gasteiger partial charge in [0.05, 0.1) is 25.4 Å². The minimum atomic E-state index is -5.08. The minimum absolute atomic E-state index is 0. The van der Waals surface area contributed by atoms with Crippen molar-refractivity contribution >= 4 is 16.3 Å². The lowest BCUT2D eigenvalue weighted by Gasteiger charge is -2.41. The molecule has 0 unspecified atom stereocenters. The third-order valence-corrected chi connectivity index (χ3v) is 10.8. The molecular weight excluding hydrogens is 729 g/mol. The van der Waals surface area contributed by atoms with E-state index < -0.39 is 59.9 Å². The van der Waals surface area contributed by atoms with Crippen LogP contribution in [0.15, 0.2) is 12.2 Å². The molecule has 9 N–H and O–H groups in total. The van der Waals surface area contributed by atoms with E-state index in [9.17, 15) is 33.6 Å². The maximum absolute atomic E-state index is 13.0. The first kappa shape index (κ1) is 53.8. The summed E-state index contributed by atoms with van der Waals surface area (Å²) in [5.41, 5.74) is 0. The maximum atomic E-state index is 13.0. The van der Waals surface area contributed by atoms with Gasteiger partial charge in [-0.25, -0.2) is 4.18 Å². The van der Waals surface area contributed by atoms with Gasteiger partial charge in [0.15, 0.2) is 6.29 Å². The number of ether oxygens (including phenoxy) is 2. The second-order valence-electron chi connectivity index (χ2n) is 15.3. The number of aliphatic hydroxyl groups is 4. The van der Waals surface area contributed by atoms with Crippen LogP contribution in [0.2, 0.25) is 0 Å². The van der Waals surface area contributed by atoms with E-state index in [1.54, 1.807) is 6.08 Å². The largest absolute Gasteiger partial charge is 0.397 e. The van der Waals surface area contributed by atoms with E-state index in [-0.39, 0.29) is 25.1 Å². The van der Waals surface area contributed by atoms with Gasteiger partial charge in [-0.15, -0.1) is 0 Å². The zero-order chi connectivity index (χ0) is 39.9. The molecule has 14 heteroatoms. The lowest BCUT2D eigenvalue weighted by Crippen LogP contribution is -2.61. The maximum Gasteiger partial charge on any atom is 0.397 e. The van der Waals surface area contributed by atoms with Gasteiger partial charge < -0.3 is 41.4 Å². The van der Waals surface area contributed by atoms with Gasteiger partial charge >= 0.3 is 10.4 Å². The number of aliphatic hydroxyl groups excluding tert-OH is 4. The zero-order valence-electron chi connectivity index (χ0n) is 34.5. The molecule has 0 saturated carbocycles. The minimum Gasteiger partial charge on any atom is -0.394 e. The number of hydrogen-bond acceptors (Lipinski definition) is 11. The molecule has 0 radical (unpaired) electrons. The fraction of sp³-hybridized carbons (Fsp3) is 0.927. The predicted molar refractivity (Wildman–Crippen MR) is 218 cm³/mol. The van der Waals surface area contributed by atoms with Crippen LogP contribution in [-0.4, -0.2) is 95.4 Å². The summed E-state index contributed by atoms with van der Waals surface area (Å²) in [6.07, 6.45) is 25.3. The van der Waals surface area contributed by atoms with Gasteiger partial charge in [0.1, 0.15) is 24.4 Å². The molecular formula is C41H82N2O11S. The van der Waals surface area contributed by atoms with Crippen LogP contribution >= 0.6 is 0 Å². The number of rotatable bonds is 36. The predicted octanol–water partition coefficient (Wildman–Crippen LogP) is 7.77. The average Bonchev–Trinajstić information content (AvgIpc) is 3.14. The Labute approximate surface area is 334 Å². The van der Waals surface area contributed by atoms with E-state index in [1.165, 1.54) is 122 Å². The molecule has 1 aliphatic rings. The summed E-state index contributed by atoms with van der Waals surface area (Å²) in [4.78, 5) is 13.0. The molecule has 328 valence electrons. The number of carbonyl (C=O) groups excluding carboxylic acids is 1. The van der Waals surface area contributed by atoms with Gasteiger partial charge in [-0.1, -0.05) is 174 Å². The molecule has 1 heterocycles. The first-order chi connectivity index (χ1) is 26.0. The Kier molecular flexibility index (Phi) is 34.0. The molecule has 1 saturated heterocycles. The van der Waals surface area contributed by atoms with Crippen molar-refractivity contribution in [3.63, 3.8) is 0 Å². The highest BCUT2D eigenvalue weighted by molar-refractivity contribution is 7.80. The van der Waals surface area contributed by atoms with Crippen molar-refractivity contribution in [3.8, 4) is 0 Å². The molecule has 7 atom stereocenters. The Morgan fingerprint density at radius 1 is 0.727 bits per heavy atom. The highest BCUT2D eigenvalue weighted by Gasteiger charge is 2.48. The number of carbonyl (C=O) groups is 1. The molecule has 0 bridgehead atoms. The second kappa shape index (κ2) is 34.8. The van der Waals surface area contributed by atoms with Crippen LogP contribution in [0.3, 0.4) is 0 Å². The third-order valence-electron chi connectivity index (χ3n) is 10.3. The number of nitrogens with one attached hydrogen (secondary N) is 1. The first-order valence-corrected chi connectivity index (χ1v) is 22.9. The number of allylic oxidation sites excluding steroid dienone is 1. The second-order valence-corrected chi connectivity index (χ2v) is 16.3. The van der Waals surface area contributed by atoms with Crippen LogP contribution in [0.1, 0.15) is 187 Å². The molecule has 1 rings (SSSR count). The molecule has 0 aromatic rings. The van der Waals surface area contributed by atoms with Crippen LogP contribution in [0, 0.1) is 0 Å². The molecule has 55 heavy (non-hydrogen) atoms. The Balaban J connectivity index is 0.0000292. The van der Waals surface area contributed by atoms with Crippen molar-refractivity contribution in [2.24, 2.45) is 0 Å². The normalized spacial score (nSPS) is 21.4.